The highest BCUT2D eigenvalue weighted by molar-refractivity contribution is 5.78. The molecule has 0 bridgehead atoms. The van der Waals surface area contributed by atoms with Gasteiger partial charge >= 0.3 is 6.18 Å². The minimum atomic E-state index is -4.47. The van der Waals surface area contributed by atoms with Crippen LogP contribution in [0.3, 0.4) is 0 Å². The van der Waals surface area contributed by atoms with Crippen molar-refractivity contribution in [1.82, 2.24) is 20.0 Å². The molecule has 1 atom stereocenters. The number of rotatable bonds is 4. The molecule has 1 aliphatic carbocycles. The zero-order chi connectivity index (χ0) is 19.9. The molecule has 1 aromatic carbocycles. The Kier molecular flexibility index (Phi) is 4.91. The molecule has 0 saturated carbocycles. The number of hydrogen-bond acceptors (Lipinski definition) is 3. The SMILES string of the molecule is CNC1CCc2c(c(C(F)(F)F)nn2-c2ccc(CN3CCCC3=O)cc2)C1. The normalized spacial score (nSPS) is 19.9. The van der Waals surface area contributed by atoms with E-state index >= 15 is 0 Å². The fourth-order valence-corrected chi connectivity index (χ4v) is 4.14. The molecule has 1 saturated heterocycles. The number of aromatic nitrogens is 2. The number of halogens is 3. The second-order valence-corrected chi connectivity index (χ2v) is 7.50. The standard InChI is InChI=1S/C20H23F3N4O/c1-24-14-6-9-17-16(11-14)19(20(21,22)23)25-27(17)15-7-4-13(5-8-15)12-26-10-2-3-18(26)28/h4-5,7-8,14,24H,2-3,6,9-12H2,1H3. The number of benzene rings is 1. The van der Waals surface area contributed by atoms with Crippen LogP contribution in [0, 0.1) is 0 Å². The number of hydrogen-bond donors (Lipinski definition) is 1. The molecule has 2 aliphatic rings. The molecular formula is C20H23F3N4O. The Hall–Kier alpha value is -2.35. The van der Waals surface area contributed by atoms with Gasteiger partial charge in [0.15, 0.2) is 5.69 Å². The summed E-state index contributed by atoms with van der Waals surface area (Å²) in [5.41, 5.74) is 1.73. The van der Waals surface area contributed by atoms with Gasteiger partial charge in [0.25, 0.3) is 0 Å². The highest BCUT2D eigenvalue weighted by Crippen LogP contribution is 2.37. The van der Waals surface area contributed by atoms with Gasteiger partial charge in [-0.2, -0.15) is 18.3 Å². The topological polar surface area (TPSA) is 50.2 Å². The van der Waals surface area contributed by atoms with E-state index in [1.165, 1.54) is 4.68 Å². The molecule has 1 unspecified atom stereocenters. The highest BCUT2D eigenvalue weighted by Gasteiger charge is 2.40. The lowest BCUT2D eigenvalue weighted by Gasteiger charge is -2.23. The van der Waals surface area contributed by atoms with E-state index in [-0.39, 0.29) is 11.9 Å². The maximum absolute atomic E-state index is 13.5. The Morgan fingerprint density at radius 3 is 2.57 bits per heavy atom. The number of fused-ring (bicyclic) bond motifs is 1. The Labute approximate surface area is 161 Å². The molecule has 0 spiro atoms. The lowest BCUT2D eigenvalue weighted by Crippen LogP contribution is -2.32. The van der Waals surface area contributed by atoms with E-state index in [0.717, 1.165) is 24.9 Å². The van der Waals surface area contributed by atoms with Gasteiger partial charge in [-0.15, -0.1) is 0 Å². The predicted octanol–water partition coefficient (Wildman–Crippen LogP) is 3.09. The summed E-state index contributed by atoms with van der Waals surface area (Å²) in [7, 11) is 1.77. The summed E-state index contributed by atoms with van der Waals surface area (Å²) < 4.78 is 42.0. The Bertz CT molecular complexity index is 873. The first-order chi connectivity index (χ1) is 13.4. The first kappa shape index (κ1) is 19.0. The van der Waals surface area contributed by atoms with Crippen molar-refractivity contribution in [2.45, 2.75) is 50.9 Å². The summed E-state index contributed by atoms with van der Waals surface area (Å²) in [4.78, 5) is 13.6. The number of nitrogens with one attached hydrogen (secondary N) is 1. The van der Waals surface area contributed by atoms with Gasteiger partial charge in [0.2, 0.25) is 5.91 Å². The van der Waals surface area contributed by atoms with Crippen molar-refractivity contribution in [1.29, 1.82) is 0 Å². The predicted molar refractivity (Wildman–Crippen MR) is 98.1 cm³/mol. The van der Waals surface area contributed by atoms with E-state index < -0.39 is 11.9 Å². The van der Waals surface area contributed by atoms with Gasteiger partial charge in [0.05, 0.1) is 5.69 Å². The Morgan fingerprint density at radius 1 is 1.21 bits per heavy atom. The van der Waals surface area contributed by atoms with Crippen LogP contribution in [0.25, 0.3) is 5.69 Å². The molecule has 1 amide bonds. The van der Waals surface area contributed by atoms with Crippen LogP contribution in [0.1, 0.15) is 41.8 Å². The van der Waals surface area contributed by atoms with Crippen LogP contribution in [-0.2, 0) is 30.4 Å². The molecule has 0 radical (unpaired) electrons. The van der Waals surface area contributed by atoms with Crippen molar-refractivity contribution >= 4 is 5.91 Å². The van der Waals surface area contributed by atoms with E-state index in [4.69, 9.17) is 0 Å². The minimum Gasteiger partial charge on any atom is -0.338 e. The first-order valence-corrected chi connectivity index (χ1v) is 9.59. The summed E-state index contributed by atoms with van der Waals surface area (Å²) in [5.74, 6) is 0.152. The number of amides is 1. The molecule has 2 heterocycles. The Balaban J connectivity index is 1.64. The van der Waals surface area contributed by atoms with Crippen LogP contribution in [0.2, 0.25) is 0 Å². The third-order valence-electron chi connectivity index (χ3n) is 5.67. The van der Waals surface area contributed by atoms with Crippen molar-refractivity contribution in [2.75, 3.05) is 13.6 Å². The average Bonchev–Trinajstić information content (AvgIpc) is 3.25. The summed E-state index contributed by atoms with van der Waals surface area (Å²) in [6, 6.07) is 7.33. The number of likely N-dealkylation sites (tertiary alicyclic amines) is 1. The molecule has 8 heteroatoms. The van der Waals surface area contributed by atoms with E-state index in [1.807, 2.05) is 17.0 Å². The number of carbonyl (C=O) groups is 1. The Morgan fingerprint density at radius 2 is 1.96 bits per heavy atom. The maximum atomic E-state index is 13.5. The van der Waals surface area contributed by atoms with Crippen LogP contribution in [0.4, 0.5) is 13.2 Å². The van der Waals surface area contributed by atoms with Gasteiger partial charge in [-0.1, -0.05) is 12.1 Å². The second-order valence-electron chi connectivity index (χ2n) is 7.50. The fraction of sp³-hybridized carbons (Fsp3) is 0.500. The van der Waals surface area contributed by atoms with Crippen molar-refractivity contribution in [3.05, 3.63) is 46.8 Å². The summed E-state index contributed by atoms with van der Waals surface area (Å²) >= 11 is 0. The molecule has 1 aromatic heterocycles. The zero-order valence-electron chi connectivity index (χ0n) is 15.7. The molecule has 1 fully saturated rings. The van der Waals surface area contributed by atoms with Crippen LogP contribution < -0.4 is 5.32 Å². The first-order valence-electron chi connectivity index (χ1n) is 9.59. The number of alkyl halides is 3. The molecular weight excluding hydrogens is 369 g/mol. The third-order valence-corrected chi connectivity index (χ3v) is 5.67. The van der Waals surface area contributed by atoms with Gasteiger partial charge in [-0.05, 0) is 50.4 Å². The summed E-state index contributed by atoms with van der Waals surface area (Å²) in [5, 5.41) is 7.03. The van der Waals surface area contributed by atoms with Crippen LogP contribution in [0.15, 0.2) is 24.3 Å². The van der Waals surface area contributed by atoms with Crippen molar-refractivity contribution < 1.29 is 18.0 Å². The van der Waals surface area contributed by atoms with E-state index in [0.29, 0.717) is 42.8 Å². The van der Waals surface area contributed by atoms with Crippen molar-refractivity contribution in [3.8, 4) is 5.69 Å². The fourth-order valence-electron chi connectivity index (χ4n) is 4.14. The quantitative estimate of drug-likeness (QED) is 0.870. The number of carbonyl (C=O) groups excluding carboxylic acids is 1. The smallest absolute Gasteiger partial charge is 0.338 e. The van der Waals surface area contributed by atoms with Gasteiger partial charge in [0.1, 0.15) is 0 Å². The van der Waals surface area contributed by atoms with Gasteiger partial charge in [0, 0.05) is 36.8 Å². The lowest BCUT2D eigenvalue weighted by atomic mass is 9.91. The van der Waals surface area contributed by atoms with E-state index in [9.17, 15) is 18.0 Å². The van der Waals surface area contributed by atoms with Gasteiger partial charge < -0.3 is 10.2 Å². The van der Waals surface area contributed by atoms with E-state index in [1.54, 1.807) is 19.2 Å². The molecule has 150 valence electrons. The zero-order valence-corrected chi connectivity index (χ0v) is 15.7. The molecule has 1 N–H and O–H groups in total. The maximum Gasteiger partial charge on any atom is 0.435 e. The van der Waals surface area contributed by atoms with Crippen LogP contribution in [0.5, 0.6) is 0 Å². The molecule has 28 heavy (non-hydrogen) atoms. The molecule has 1 aliphatic heterocycles. The third kappa shape index (κ3) is 3.53. The van der Waals surface area contributed by atoms with Gasteiger partial charge in [-0.25, -0.2) is 4.68 Å². The largest absolute Gasteiger partial charge is 0.435 e. The lowest BCUT2D eigenvalue weighted by molar-refractivity contribution is -0.142. The second kappa shape index (κ2) is 7.24. The van der Waals surface area contributed by atoms with Crippen LogP contribution in [-0.4, -0.2) is 40.2 Å². The monoisotopic (exact) mass is 392 g/mol. The number of likely N-dealkylation sites (N-methyl/N-ethyl adjacent to an activating group) is 1. The molecule has 2 aromatic rings. The molecule has 4 rings (SSSR count). The highest BCUT2D eigenvalue weighted by atomic mass is 19.4. The minimum absolute atomic E-state index is 0.0339. The number of nitrogens with zero attached hydrogens (tertiary/aromatic N) is 3. The van der Waals surface area contributed by atoms with Crippen LogP contribution >= 0.6 is 0 Å². The van der Waals surface area contributed by atoms with Crippen molar-refractivity contribution in [3.63, 3.8) is 0 Å². The van der Waals surface area contributed by atoms with Gasteiger partial charge in [-0.3, -0.25) is 4.79 Å². The summed E-state index contributed by atoms with van der Waals surface area (Å²) in [6.07, 6.45) is -1.35. The van der Waals surface area contributed by atoms with Crippen molar-refractivity contribution in [2.24, 2.45) is 0 Å². The molecule has 5 nitrogen and oxygen atoms in total. The van der Waals surface area contributed by atoms with E-state index in [2.05, 4.69) is 10.4 Å². The average molecular weight is 392 g/mol. The summed E-state index contributed by atoms with van der Waals surface area (Å²) in [6.45, 7) is 1.29.